The fourth-order valence-corrected chi connectivity index (χ4v) is 6.30. The molecule has 9 heteroatoms. The molecule has 1 aliphatic rings. The molecular weight excluding hydrogens is 562 g/mol. The summed E-state index contributed by atoms with van der Waals surface area (Å²) < 4.78 is 13.8. The fraction of sp³-hybridized carbons (Fsp3) is 0.294. The number of rotatable bonds is 12. The first-order valence-electron chi connectivity index (χ1n) is 14.5. The number of thioether (sulfide) groups is 1. The molecule has 0 saturated carbocycles. The lowest BCUT2D eigenvalue weighted by Crippen LogP contribution is -2.39. The van der Waals surface area contributed by atoms with Crippen LogP contribution in [0.3, 0.4) is 0 Å². The summed E-state index contributed by atoms with van der Waals surface area (Å²) in [6.07, 6.45) is 7.24. The Morgan fingerprint density at radius 1 is 1.05 bits per heavy atom. The normalized spacial score (nSPS) is 14.0. The van der Waals surface area contributed by atoms with Crippen molar-refractivity contribution < 1.29 is 23.9 Å². The van der Waals surface area contributed by atoms with Gasteiger partial charge in [0.05, 0.1) is 25.0 Å². The van der Waals surface area contributed by atoms with Gasteiger partial charge in [0, 0.05) is 40.6 Å². The summed E-state index contributed by atoms with van der Waals surface area (Å²) in [6, 6.07) is 20.4. The Labute approximate surface area is 255 Å². The van der Waals surface area contributed by atoms with E-state index < -0.39 is 12.0 Å². The lowest BCUT2D eigenvalue weighted by atomic mass is 9.87. The molecule has 1 N–H and O–H groups in total. The van der Waals surface area contributed by atoms with E-state index in [1.807, 2.05) is 65.4 Å². The average Bonchev–Trinajstić information content (AvgIpc) is 3.54. The number of imidazole rings is 1. The van der Waals surface area contributed by atoms with Crippen LogP contribution in [0.5, 0.6) is 5.75 Å². The molecule has 0 spiro atoms. The van der Waals surface area contributed by atoms with Crippen LogP contribution in [0, 0.1) is 0 Å². The van der Waals surface area contributed by atoms with Gasteiger partial charge in [-0.15, -0.1) is 11.8 Å². The number of Topliss-reactive ketones (excluding diaryl/α,β-unsaturated/α-hetero) is 1. The van der Waals surface area contributed by atoms with Crippen molar-refractivity contribution in [3.8, 4) is 5.75 Å². The summed E-state index contributed by atoms with van der Waals surface area (Å²) in [5.41, 5.74) is 4.20. The number of nitrogens with one attached hydrogen (secondary N) is 1. The first kappa shape index (κ1) is 30.1. The molecule has 1 aliphatic carbocycles. The van der Waals surface area contributed by atoms with Crippen LogP contribution in [0.15, 0.2) is 90.3 Å². The van der Waals surface area contributed by atoms with E-state index in [0.29, 0.717) is 30.0 Å². The van der Waals surface area contributed by atoms with Gasteiger partial charge in [-0.3, -0.25) is 9.59 Å². The topological polar surface area (TPSA) is 99.5 Å². The lowest BCUT2D eigenvalue weighted by Gasteiger charge is -2.26. The van der Waals surface area contributed by atoms with E-state index in [9.17, 15) is 14.4 Å². The van der Waals surface area contributed by atoms with Crippen LogP contribution in [0.25, 0.3) is 0 Å². The smallest absolute Gasteiger partial charge is 0.328 e. The molecule has 0 aliphatic heterocycles. The molecule has 43 heavy (non-hydrogen) atoms. The number of esters is 1. The number of hydrogen-bond donors (Lipinski definition) is 1. The van der Waals surface area contributed by atoms with Crippen molar-refractivity contribution in [3.05, 3.63) is 113 Å². The van der Waals surface area contributed by atoms with E-state index in [2.05, 4.69) is 10.3 Å². The zero-order valence-electron chi connectivity index (χ0n) is 24.3. The van der Waals surface area contributed by atoms with Gasteiger partial charge in [0.2, 0.25) is 0 Å². The number of carbonyl (C=O) groups is 3. The van der Waals surface area contributed by atoms with Crippen molar-refractivity contribution in [1.82, 2.24) is 14.9 Å². The van der Waals surface area contributed by atoms with Crippen molar-refractivity contribution in [1.29, 1.82) is 0 Å². The molecule has 0 fully saturated rings. The maximum atomic E-state index is 13.2. The SMILES string of the molecule is CCOC(=O)C(C)NC(=O)c1ccccc1SCc1c(OC(Cn2ccnc2)c2ccccc2)ccc2c1CCCC2=O. The van der Waals surface area contributed by atoms with E-state index in [1.165, 1.54) is 11.8 Å². The molecule has 1 aromatic heterocycles. The van der Waals surface area contributed by atoms with Gasteiger partial charge in [-0.25, -0.2) is 9.78 Å². The monoisotopic (exact) mass is 597 g/mol. The van der Waals surface area contributed by atoms with Gasteiger partial charge in [0.15, 0.2) is 5.78 Å². The summed E-state index contributed by atoms with van der Waals surface area (Å²) in [5.74, 6) is 0.523. The number of nitrogens with zero attached hydrogens (tertiary/aromatic N) is 2. The number of fused-ring (bicyclic) bond motifs is 1. The van der Waals surface area contributed by atoms with Crippen molar-refractivity contribution in [3.63, 3.8) is 0 Å². The first-order valence-corrected chi connectivity index (χ1v) is 15.5. The summed E-state index contributed by atoms with van der Waals surface area (Å²) in [7, 11) is 0. The predicted molar refractivity (Wildman–Crippen MR) is 165 cm³/mol. The first-order chi connectivity index (χ1) is 20.9. The van der Waals surface area contributed by atoms with E-state index in [4.69, 9.17) is 9.47 Å². The number of aromatic nitrogens is 2. The Balaban J connectivity index is 1.44. The number of carbonyl (C=O) groups excluding carboxylic acids is 3. The zero-order valence-corrected chi connectivity index (χ0v) is 25.1. The quantitative estimate of drug-likeness (QED) is 0.153. The molecule has 1 heterocycles. The third kappa shape index (κ3) is 7.35. The highest BCUT2D eigenvalue weighted by atomic mass is 32.2. The van der Waals surface area contributed by atoms with Gasteiger partial charge >= 0.3 is 5.97 Å². The van der Waals surface area contributed by atoms with E-state index in [-0.39, 0.29) is 24.4 Å². The second-order valence-electron chi connectivity index (χ2n) is 10.4. The minimum absolute atomic E-state index is 0.143. The maximum Gasteiger partial charge on any atom is 0.328 e. The number of benzene rings is 3. The summed E-state index contributed by atoms with van der Waals surface area (Å²) in [4.78, 5) is 43.1. The minimum atomic E-state index is -0.775. The van der Waals surface area contributed by atoms with Crippen molar-refractivity contribution in [2.24, 2.45) is 0 Å². The highest BCUT2D eigenvalue weighted by Crippen LogP contribution is 2.38. The van der Waals surface area contributed by atoms with E-state index >= 15 is 0 Å². The summed E-state index contributed by atoms with van der Waals surface area (Å²) in [5, 5.41) is 2.75. The van der Waals surface area contributed by atoms with E-state index in [0.717, 1.165) is 40.0 Å². The molecule has 3 aromatic carbocycles. The average molecular weight is 598 g/mol. The fourth-order valence-electron chi connectivity index (χ4n) is 5.20. The number of hydrogen-bond acceptors (Lipinski definition) is 7. The molecule has 222 valence electrons. The molecule has 5 rings (SSSR count). The molecular formula is C34H35N3O5S. The molecule has 0 bridgehead atoms. The van der Waals surface area contributed by atoms with Gasteiger partial charge in [-0.2, -0.15) is 0 Å². The highest BCUT2D eigenvalue weighted by molar-refractivity contribution is 7.98. The Hall–Kier alpha value is -4.37. The van der Waals surface area contributed by atoms with Crippen LogP contribution in [-0.2, 0) is 28.2 Å². The van der Waals surface area contributed by atoms with E-state index in [1.54, 1.807) is 38.5 Å². The number of amides is 1. The third-order valence-electron chi connectivity index (χ3n) is 7.39. The second kappa shape index (κ2) is 14.2. The molecule has 2 atom stereocenters. The highest BCUT2D eigenvalue weighted by Gasteiger charge is 2.26. The minimum Gasteiger partial charge on any atom is -0.484 e. The second-order valence-corrected chi connectivity index (χ2v) is 11.4. The summed E-state index contributed by atoms with van der Waals surface area (Å²) >= 11 is 1.51. The largest absolute Gasteiger partial charge is 0.484 e. The third-order valence-corrected chi connectivity index (χ3v) is 8.49. The van der Waals surface area contributed by atoms with Gasteiger partial charge in [-0.05, 0) is 62.1 Å². The van der Waals surface area contributed by atoms with Gasteiger partial charge in [0.1, 0.15) is 17.9 Å². The Morgan fingerprint density at radius 2 is 1.84 bits per heavy atom. The van der Waals surface area contributed by atoms with Gasteiger partial charge in [-0.1, -0.05) is 42.5 Å². The number of ether oxygens (including phenoxy) is 2. The molecule has 1 amide bonds. The lowest BCUT2D eigenvalue weighted by molar-refractivity contribution is -0.144. The Bertz CT molecular complexity index is 1570. The van der Waals surface area contributed by atoms with Crippen LogP contribution in [0.2, 0.25) is 0 Å². The summed E-state index contributed by atoms with van der Waals surface area (Å²) in [6.45, 7) is 4.14. The van der Waals surface area contributed by atoms with Gasteiger partial charge in [0.25, 0.3) is 5.91 Å². The van der Waals surface area contributed by atoms with Crippen molar-refractivity contribution in [2.45, 2.75) is 62.4 Å². The molecule has 4 aromatic rings. The number of ketones is 1. The standard InChI is InChI=1S/C34H35N3O5S/c1-3-41-34(40)23(2)36-33(39)27-12-7-8-15-32(27)43-21-28-25-13-9-14-29(38)26(25)16-17-30(28)42-31(20-37-19-18-35-22-37)24-10-5-4-6-11-24/h4-8,10-12,15-19,22-23,31H,3,9,13-14,20-21H2,1-2H3,(H,36,39). The van der Waals surface area contributed by atoms with Crippen LogP contribution in [0.4, 0.5) is 0 Å². The van der Waals surface area contributed by atoms with Crippen LogP contribution < -0.4 is 10.1 Å². The predicted octanol–water partition coefficient (Wildman–Crippen LogP) is 6.20. The Kier molecular flexibility index (Phi) is 9.94. The maximum absolute atomic E-state index is 13.2. The molecule has 2 unspecified atom stereocenters. The van der Waals surface area contributed by atoms with Gasteiger partial charge < -0.3 is 19.4 Å². The van der Waals surface area contributed by atoms with Crippen molar-refractivity contribution >= 4 is 29.4 Å². The molecule has 8 nitrogen and oxygen atoms in total. The van der Waals surface area contributed by atoms with Crippen LogP contribution >= 0.6 is 11.8 Å². The Morgan fingerprint density at radius 3 is 2.60 bits per heavy atom. The van der Waals surface area contributed by atoms with Crippen LogP contribution in [-0.4, -0.2) is 39.9 Å². The molecule has 0 radical (unpaired) electrons. The van der Waals surface area contributed by atoms with Crippen LogP contribution in [0.1, 0.15) is 70.2 Å². The van der Waals surface area contributed by atoms with Crippen molar-refractivity contribution in [2.75, 3.05) is 6.61 Å². The molecule has 0 saturated heterocycles. The zero-order chi connectivity index (χ0) is 30.2.